The molecule has 0 saturated carbocycles. The largest absolute Gasteiger partial charge is 1.00 e. The first-order valence-corrected chi connectivity index (χ1v) is 5.97. The Hall–Kier alpha value is -1.24. The van der Waals surface area contributed by atoms with Crippen molar-refractivity contribution in [3.05, 3.63) is 34.9 Å². The van der Waals surface area contributed by atoms with Crippen LogP contribution in [-0.2, 0) is 15.0 Å². The van der Waals surface area contributed by atoms with E-state index >= 15 is 0 Å². The first-order chi connectivity index (χ1) is 8.55. The van der Waals surface area contributed by atoms with Gasteiger partial charge < -0.3 is 10.2 Å². The minimum atomic E-state index is -1.31. The Morgan fingerprint density at radius 3 is 1.55 bits per heavy atom. The molecule has 1 aromatic rings. The van der Waals surface area contributed by atoms with Crippen LogP contribution in [0.2, 0.25) is 0 Å². The van der Waals surface area contributed by atoms with E-state index in [9.17, 15) is 9.59 Å². The van der Waals surface area contributed by atoms with Crippen LogP contribution in [0.5, 0.6) is 0 Å². The van der Waals surface area contributed by atoms with Gasteiger partial charge in [0.15, 0.2) is 0 Å². The zero-order valence-electron chi connectivity index (χ0n) is 13.1. The van der Waals surface area contributed by atoms with Gasteiger partial charge in [-0.15, -0.1) is 5.56 Å². The fourth-order valence-corrected chi connectivity index (χ4v) is 2.06. The van der Waals surface area contributed by atoms with E-state index in [1.165, 1.54) is 16.7 Å². The van der Waals surface area contributed by atoms with Gasteiger partial charge in [-0.25, -0.2) is 0 Å². The first-order valence-electron chi connectivity index (χ1n) is 5.97. The van der Waals surface area contributed by atoms with E-state index in [0.717, 1.165) is 0 Å². The Balaban J connectivity index is 0. The Bertz CT molecular complexity index is 429. The fourth-order valence-electron chi connectivity index (χ4n) is 2.06. The molecule has 0 saturated heterocycles. The van der Waals surface area contributed by atoms with Crippen LogP contribution in [0.15, 0.2) is 12.1 Å². The van der Waals surface area contributed by atoms with Crippen LogP contribution in [-0.4, -0.2) is 22.2 Å². The zero-order chi connectivity index (χ0) is 15.2. The second kappa shape index (κ2) is 8.83. The number of benzene rings is 1. The standard InChI is InChI=1S/C12H17.C3H4O4.Li/c1-9-7-6-8-10(2)11(9)12(3,4)5;4-2(5)1-3(6)7;/h7-8H,1-5H3;1H2,(H,4,5)(H,6,7);/q-1;;+1. The monoisotopic (exact) mass is 272 g/mol. The summed E-state index contributed by atoms with van der Waals surface area (Å²) >= 11 is 0. The van der Waals surface area contributed by atoms with Crippen molar-refractivity contribution in [1.82, 2.24) is 0 Å². The van der Waals surface area contributed by atoms with E-state index in [0.29, 0.717) is 0 Å². The second-order valence-corrected chi connectivity index (χ2v) is 5.41. The van der Waals surface area contributed by atoms with Crippen molar-refractivity contribution in [2.75, 3.05) is 0 Å². The summed E-state index contributed by atoms with van der Waals surface area (Å²) in [6, 6.07) is 7.27. The van der Waals surface area contributed by atoms with Gasteiger partial charge in [-0.2, -0.15) is 29.3 Å². The molecule has 4 nitrogen and oxygen atoms in total. The Kier molecular flexibility index (Phi) is 9.30. The summed E-state index contributed by atoms with van der Waals surface area (Å²) in [5.41, 5.74) is 4.41. The molecule has 0 amide bonds. The van der Waals surface area contributed by atoms with Crippen LogP contribution in [0.4, 0.5) is 0 Å². The molecule has 0 heterocycles. The first kappa shape index (κ1) is 21.1. The summed E-state index contributed by atoms with van der Waals surface area (Å²) in [6.45, 7) is 11.1. The SMILES string of the molecule is Cc1c[c-]cc(C)c1C(C)(C)C.O=C(O)CC(=O)O.[Li+]. The maximum atomic E-state index is 9.43. The quantitative estimate of drug-likeness (QED) is 0.450. The molecule has 0 spiro atoms. The summed E-state index contributed by atoms with van der Waals surface area (Å²) in [4.78, 5) is 18.9. The Morgan fingerprint density at radius 1 is 1.05 bits per heavy atom. The van der Waals surface area contributed by atoms with Crippen molar-refractivity contribution < 1.29 is 38.7 Å². The molecule has 0 aliphatic rings. The van der Waals surface area contributed by atoms with Crippen LogP contribution < -0.4 is 18.9 Å². The van der Waals surface area contributed by atoms with Gasteiger partial charge in [0, 0.05) is 0 Å². The van der Waals surface area contributed by atoms with Gasteiger partial charge in [-0.3, -0.25) is 9.59 Å². The van der Waals surface area contributed by atoms with E-state index in [4.69, 9.17) is 10.2 Å². The Labute approximate surface area is 132 Å². The minimum Gasteiger partial charge on any atom is -0.481 e. The van der Waals surface area contributed by atoms with Gasteiger partial charge in [0.2, 0.25) is 0 Å². The van der Waals surface area contributed by atoms with Gasteiger partial charge in [0.05, 0.1) is 0 Å². The van der Waals surface area contributed by atoms with Gasteiger partial charge in [-0.1, -0.05) is 34.6 Å². The maximum Gasteiger partial charge on any atom is 1.00 e. The fraction of sp³-hybridized carbons (Fsp3) is 0.467. The van der Waals surface area contributed by atoms with Crippen LogP contribution in [0.25, 0.3) is 0 Å². The van der Waals surface area contributed by atoms with Crippen molar-refractivity contribution >= 4 is 11.9 Å². The van der Waals surface area contributed by atoms with E-state index in [1.54, 1.807) is 0 Å². The van der Waals surface area contributed by atoms with E-state index in [-0.39, 0.29) is 24.3 Å². The average Bonchev–Trinajstić information content (AvgIpc) is 2.12. The molecule has 1 aromatic carbocycles. The third-order valence-electron chi connectivity index (χ3n) is 2.44. The van der Waals surface area contributed by atoms with Gasteiger partial charge in [0.1, 0.15) is 6.42 Å². The molecule has 0 atom stereocenters. The molecule has 0 bridgehead atoms. The summed E-state index contributed by atoms with van der Waals surface area (Å²) in [7, 11) is 0. The number of carboxylic acids is 2. The molecule has 0 aliphatic heterocycles. The smallest absolute Gasteiger partial charge is 0.481 e. The zero-order valence-corrected chi connectivity index (χ0v) is 13.1. The molecular weight excluding hydrogens is 251 g/mol. The minimum absolute atomic E-state index is 0. The molecule has 5 heteroatoms. The van der Waals surface area contributed by atoms with Gasteiger partial charge >= 0.3 is 30.8 Å². The predicted octanol–water partition coefficient (Wildman–Crippen LogP) is -0.0492. The van der Waals surface area contributed by atoms with Crippen LogP contribution in [0.1, 0.15) is 43.9 Å². The van der Waals surface area contributed by atoms with Crippen molar-refractivity contribution in [1.29, 1.82) is 0 Å². The van der Waals surface area contributed by atoms with Crippen LogP contribution in [0, 0.1) is 19.9 Å². The van der Waals surface area contributed by atoms with E-state index in [1.807, 2.05) is 0 Å². The molecule has 106 valence electrons. The summed E-state index contributed by atoms with van der Waals surface area (Å²) < 4.78 is 0. The molecule has 2 N–H and O–H groups in total. The molecule has 1 rings (SSSR count). The summed E-state index contributed by atoms with van der Waals surface area (Å²) in [5, 5.41) is 15.4. The molecule has 0 fully saturated rings. The number of hydrogen-bond donors (Lipinski definition) is 2. The number of aliphatic carboxylic acids is 2. The van der Waals surface area contributed by atoms with Crippen molar-refractivity contribution in [3.63, 3.8) is 0 Å². The molecule has 20 heavy (non-hydrogen) atoms. The number of carboxylic acid groups (broad SMARTS) is 2. The van der Waals surface area contributed by atoms with E-state index in [2.05, 4.69) is 52.8 Å². The topological polar surface area (TPSA) is 74.6 Å². The second-order valence-electron chi connectivity index (χ2n) is 5.41. The van der Waals surface area contributed by atoms with Crippen molar-refractivity contribution in [3.8, 4) is 0 Å². The van der Waals surface area contributed by atoms with Crippen LogP contribution >= 0.6 is 0 Å². The van der Waals surface area contributed by atoms with Crippen molar-refractivity contribution in [2.24, 2.45) is 0 Å². The molecule has 0 unspecified atom stereocenters. The Morgan fingerprint density at radius 2 is 1.40 bits per heavy atom. The van der Waals surface area contributed by atoms with Gasteiger partial charge in [-0.05, 0) is 5.41 Å². The van der Waals surface area contributed by atoms with E-state index < -0.39 is 18.4 Å². The summed E-state index contributed by atoms with van der Waals surface area (Å²) in [5.74, 6) is -2.62. The van der Waals surface area contributed by atoms with Crippen LogP contribution in [0.3, 0.4) is 0 Å². The molecular formula is C15H21LiO4. The number of carbonyl (C=O) groups is 2. The molecule has 0 aliphatic carbocycles. The predicted molar refractivity (Wildman–Crippen MR) is 73.3 cm³/mol. The third kappa shape index (κ3) is 8.03. The number of rotatable bonds is 2. The number of hydrogen-bond acceptors (Lipinski definition) is 2. The van der Waals surface area contributed by atoms with Crippen molar-refractivity contribution in [2.45, 2.75) is 46.5 Å². The number of aryl methyl sites for hydroxylation is 2. The summed E-state index contributed by atoms with van der Waals surface area (Å²) in [6.07, 6.45) is -0.806. The normalized spacial score (nSPS) is 9.85. The molecule has 0 aromatic heterocycles. The molecule has 0 radical (unpaired) electrons. The average molecular weight is 272 g/mol. The third-order valence-corrected chi connectivity index (χ3v) is 2.44. The maximum absolute atomic E-state index is 9.43. The van der Waals surface area contributed by atoms with Gasteiger partial charge in [0.25, 0.3) is 0 Å².